The van der Waals surface area contributed by atoms with E-state index in [1.54, 1.807) is 0 Å². The number of hydrogen-bond acceptors (Lipinski definition) is 2. The lowest BCUT2D eigenvalue weighted by Gasteiger charge is -2.24. The number of hydrogen-bond donors (Lipinski definition) is 0. The number of oxazole rings is 1. The third kappa shape index (κ3) is 3.83. The maximum atomic E-state index is 6.13. The topological polar surface area (TPSA) is 26.0 Å². The largest absolute Gasteiger partial charge is 0.436 e. The Hall–Kier alpha value is -5.99. The monoisotopic (exact) mass is 613 g/mol. The smallest absolute Gasteiger partial charge is 0.227 e. The van der Waals surface area contributed by atoms with Gasteiger partial charge in [-0.1, -0.05) is 129 Å². The molecule has 0 amide bonds. The quantitative estimate of drug-likeness (QED) is 0.185. The lowest BCUT2D eigenvalue weighted by atomic mass is 9.79. The summed E-state index contributed by atoms with van der Waals surface area (Å²) in [4.78, 5) is 4.76. The second-order valence-electron chi connectivity index (χ2n) is 13.5. The molecule has 10 rings (SSSR count). The van der Waals surface area contributed by atoms with Gasteiger partial charge in [0.1, 0.15) is 5.52 Å². The van der Waals surface area contributed by atoms with Gasteiger partial charge >= 0.3 is 0 Å². The van der Waals surface area contributed by atoms with Gasteiger partial charge in [0, 0.05) is 11.0 Å². The van der Waals surface area contributed by atoms with Crippen LogP contribution in [0.25, 0.3) is 88.3 Å². The van der Waals surface area contributed by atoms with Crippen molar-refractivity contribution >= 4 is 43.4 Å². The van der Waals surface area contributed by atoms with Crippen molar-refractivity contribution in [2.45, 2.75) is 19.3 Å². The summed E-state index contributed by atoms with van der Waals surface area (Å²) in [6.07, 6.45) is 0. The molecular weight excluding hydrogens is 583 g/mol. The molecular formula is C46H31NO. The molecule has 1 aromatic heterocycles. The van der Waals surface area contributed by atoms with Crippen molar-refractivity contribution in [1.82, 2.24) is 4.98 Å². The summed E-state index contributed by atoms with van der Waals surface area (Å²) >= 11 is 0. The van der Waals surface area contributed by atoms with E-state index >= 15 is 0 Å². The predicted octanol–water partition coefficient (Wildman–Crippen LogP) is 12.6. The third-order valence-electron chi connectivity index (χ3n) is 10.5. The van der Waals surface area contributed by atoms with Gasteiger partial charge in [-0.3, -0.25) is 0 Å². The molecule has 0 spiro atoms. The van der Waals surface area contributed by atoms with E-state index in [0.717, 1.165) is 16.7 Å². The minimum absolute atomic E-state index is 0.108. The molecule has 0 unspecified atom stereocenters. The van der Waals surface area contributed by atoms with Gasteiger partial charge in [0.2, 0.25) is 5.89 Å². The van der Waals surface area contributed by atoms with Gasteiger partial charge in [-0.2, -0.15) is 0 Å². The van der Waals surface area contributed by atoms with Crippen LogP contribution in [-0.2, 0) is 5.41 Å². The molecule has 0 saturated heterocycles. The summed E-state index contributed by atoms with van der Waals surface area (Å²) in [5.41, 5.74) is 12.9. The Labute approximate surface area is 278 Å². The van der Waals surface area contributed by atoms with Crippen LogP contribution >= 0.6 is 0 Å². The van der Waals surface area contributed by atoms with E-state index in [9.17, 15) is 0 Å². The standard InChI is InChI=1S/C46H31NO/c1-46(2)39-19-8-7-15-32(39)36-26-37-38(27-40(36)46)44(33-18-11-13-28-12-3-4-14-31(28)33)35-17-6-5-16-34(35)43(37)29-22-24-30(25-23-29)45-47-41-20-9-10-21-42(41)48-45/h3-27H,1-2H3. The zero-order chi connectivity index (χ0) is 32.0. The highest BCUT2D eigenvalue weighted by atomic mass is 16.3. The van der Waals surface area contributed by atoms with Crippen LogP contribution in [-0.4, -0.2) is 4.98 Å². The van der Waals surface area contributed by atoms with Crippen molar-refractivity contribution in [2.24, 2.45) is 0 Å². The maximum absolute atomic E-state index is 6.13. The average molecular weight is 614 g/mol. The van der Waals surface area contributed by atoms with Crippen molar-refractivity contribution in [3.63, 3.8) is 0 Å². The molecule has 9 aromatic rings. The fourth-order valence-electron chi connectivity index (χ4n) is 8.19. The van der Waals surface area contributed by atoms with Gasteiger partial charge in [0.25, 0.3) is 0 Å². The first-order chi connectivity index (χ1) is 23.6. The van der Waals surface area contributed by atoms with Crippen molar-refractivity contribution in [3.05, 3.63) is 163 Å². The molecule has 1 aliphatic carbocycles. The fraction of sp³-hybridized carbons (Fsp3) is 0.0652. The van der Waals surface area contributed by atoms with Gasteiger partial charge in [-0.15, -0.1) is 0 Å². The third-order valence-corrected chi connectivity index (χ3v) is 10.5. The Morgan fingerprint density at radius 1 is 0.458 bits per heavy atom. The highest BCUT2D eigenvalue weighted by molar-refractivity contribution is 6.24. The number of aromatic nitrogens is 1. The first-order valence-corrected chi connectivity index (χ1v) is 16.6. The average Bonchev–Trinajstić information content (AvgIpc) is 3.66. The summed E-state index contributed by atoms with van der Waals surface area (Å²) in [6.45, 7) is 4.74. The van der Waals surface area contributed by atoms with Gasteiger partial charge in [-0.05, 0) is 113 Å². The molecule has 1 heterocycles. The summed E-state index contributed by atoms with van der Waals surface area (Å²) in [5, 5.41) is 7.56. The van der Waals surface area contributed by atoms with E-state index in [1.165, 1.54) is 76.8 Å². The minimum atomic E-state index is -0.108. The number of rotatable bonds is 3. The van der Waals surface area contributed by atoms with Crippen molar-refractivity contribution in [2.75, 3.05) is 0 Å². The molecule has 0 N–H and O–H groups in total. The normalized spacial score (nSPS) is 13.4. The number of para-hydroxylation sites is 2. The first-order valence-electron chi connectivity index (χ1n) is 16.6. The van der Waals surface area contributed by atoms with Gasteiger partial charge in [0.05, 0.1) is 0 Å². The van der Waals surface area contributed by atoms with E-state index in [0.29, 0.717) is 5.89 Å². The Bertz CT molecular complexity index is 2710. The van der Waals surface area contributed by atoms with E-state index in [2.05, 4.69) is 141 Å². The molecule has 0 saturated carbocycles. The molecule has 1 aliphatic rings. The lowest BCUT2D eigenvalue weighted by molar-refractivity contribution is 0.620. The molecule has 0 radical (unpaired) electrons. The van der Waals surface area contributed by atoms with Crippen LogP contribution in [0.1, 0.15) is 25.0 Å². The highest BCUT2D eigenvalue weighted by Crippen LogP contribution is 2.53. The number of nitrogens with zero attached hydrogens (tertiary/aromatic N) is 1. The summed E-state index contributed by atoms with van der Waals surface area (Å²) in [5.74, 6) is 0.639. The minimum Gasteiger partial charge on any atom is -0.436 e. The Morgan fingerprint density at radius 2 is 1.08 bits per heavy atom. The molecule has 0 atom stereocenters. The second kappa shape index (κ2) is 10.0. The Morgan fingerprint density at radius 3 is 1.92 bits per heavy atom. The van der Waals surface area contributed by atoms with Crippen molar-refractivity contribution < 1.29 is 4.42 Å². The van der Waals surface area contributed by atoms with Crippen LogP contribution in [0, 0.1) is 0 Å². The highest BCUT2D eigenvalue weighted by Gasteiger charge is 2.36. The Balaban J connectivity index is 1.30. The molecule has 226 valence electrons. The fourth-order valence-corrected chi connectivity index (χ4v) is 8.19. The summed E-state index contributed by atoms with van der Waals surface area (Å²) < 4.78 is 6.13. The van der Waals surface area contributed by atoms with Gasteiger partial charge < -0.3 is 4.42 Å². The van der Waals surface area contributed by atoms with E-state index in [-0.39, 0.29) is 5.41 Å². The van der Waals surface area contributed by atoms with E-state index < -0.39 is 0 Å². The Kier molecular flexibility index (Phi) is 5.66. The van der Waals surface area contributed by atoms with E-state index in [4.69, 9.17) is 9.40 Å². The molecule has 0 bridgehead atoms. The van der Waals surface area contributed by atoms with Crippen LogP contribution in [0.3, 0.4) is 0 Å². The first kappa shape index (κ1) is 27.2. The molecule has 0 fully saturated rings. The van der Waals surface area contributed by atoms with Crippen LogP contribution in [0.5, 0.6) is 0 Å². The van der Waals surface area contributed by atoms with Gasteiger partial charge in [-0.25, -0.2) is 4.98 Å². The molecule has 48 heavy (non-hydrogen) atoms. The zero-order valence-corrected chi connectivity index (χ0v) is 26.8. The van der Waals surface area contributed by atoms with Crippen LogP contribution in [0.4, 0.5) is 0 Å². The second-order valence-corrected chi connectivity index (χ2v) is 13.5. The maximum Gasteiger partial charge on any atom is 0.227 e. The van der Waals surface area contributed by atoms with Crippen LogP contribution in [0.15, 0.2) is 156 Å². The number of benzene rings is 8. The van der Waals surface area contributed by atoms with Crippen LogP contribution in [0.2, 0.25) is 0 Å². The molecule has 8 aromatic carbocycles. The summed E-state index contributed by atoms with van der Waals surface area (Å²) in [7, 11) is 0. The predicted molar refractivity (Wildman–Crippen MR) is 200 cm³/mol. The molecule has 0 aliphatic heterocycles. The van der Waals surface area contributed by atoms with E-state index in [1.807, 2.05) is 24.3 Å². The van der Waals surface area contributed by atoms with Crippen molar-refractivity contribution in [1.29, 1.82) is 0 Å². The molecule has 2 nitrogen and oxygen atoms in total. The number of fused-ring (bicyclic) bond motifs is 7. The van der Waals surface area contributed by atoms with Crippen LogP contribution < -0.4 is 0 Å². The SMILES string of the molecule is CC1(C)c2ccccc2-c2cc3c(-c4ccc(-c5nc6ccccc6o5)cc4)c4ccccc4c(-c4cccc5ccccc45)c3cc21. The lowest BCUT2D eigenvalue weighted by Crippen LogP contribution is -2.14. The summed E-state index contributed by atoms with van der Waals surface area (Å²) in [6, 6.07) is 55.0. The van der Waals surface area contributed by atoms with Crippen molar-refractivity contribution in [3.8, 4) is 44.8 Å². The molecule has 2 heteroatoms. The van der Waals surface area contributed by atoms with Gasteiger partial charge in [0.15, 0.2) is 5.58 Å². The zero-order valence-electron chi connectivity index (χ0n) is 26.8.